The molecule has 0 aromatic heterocycles. The van der Waals surface area contributed by atoms with E-state index in [0.29, 0.717) is 21.6 Å². The van der Waals surface area contributed by atoms with Gasteiger partial charge in [-0.25, -0.2) is 8.78 Å². The van der Waals surface area contributed by atoms with Crippen molar-refractivity contribution in [3.8, 4) is 11.8 Å². The highest BCUT2D eigenvalue weighted by atomic mass is 19.1. The van der Waals surface area contributed by atoms with Gasteiger partial charge in [0.25, 0.3) is 0 Å². The number of rotatable bonds is 7. The summed E-state index contributed by atoms with van der Waals surface area (Å²) in [6, 6.07) is 7.20. The summed E-state index contributed by atoms with van der Waals surface area (Å²) >= 11 is 0. The molecule has 3 rings (SSSR count). The first-order chi connectivity index (χ1) is 17.7. The van der Waals surface area contributed by atoms with E-state index in [-0.39, 0.29) is 23.5 Å². The van der Waals surface area contributed by atoms with Crippen molar-refractivity contribution in [2.75, 3.05) is 27.2 Å². The Hall–Kier alpha value is -3.32. The van der Waals surface area contributed by atoms with Crippen LogP contribution in [-0.4, -0.2) is 37.0 Å². The lowest BCUT2D eigenvalue weighted by molar-refractivity contribution is 0.360. The monoisotopic (exact) mass is 502 g/mol. The van der Waals surface area contributed by atoms with Gasteiger partial charge in [0.05, 0.1) is 0 Å². The maximum atomic E-state index is 15.9. The summed E-state index contributed by atoms with van der Waals surface area (Å²) in [6.45, 7) is 14.0. The molecule has 0 aliphatic carbocycles. The van der Waals surface area contributed by atoms with Crippen LogP contribution in [0.2, 0.25) is 0 Å². The summed E-state index contributed by atoms with van der Waals surface area (Å²) in [7, 11) is 3.78. The van der Waals surface area contributed by atoms with Gasteiger partial charge < -0.3 is 9.80 Å². The van der Waals surface area contributed by atoms with Crippen LogP contribution in [0, 0.1) is 23.5 Å². The molecule has 0 amide bonds. The molecule has 1 aliphatic heterocycles. The van der Waals surface area contributed by atoms with E-state index in [1.807, 2.05) is 51.2 Å². The molecule has 2 aromatic rings. The van der Waals surface area contributed by atoms with E-state index in [0.717, 1.165) is 49.1 Å². The summed E-state index contributed by atoms with van der Waals surface area (Å²) in [5.41, 5.74) is 3.91. The minimum atomic E-state index is -0.375. The van der Waals surface area contributed by atoms with E-state index in [1.54, 1.807) is 6.07 Å². The fourth-order valence-corrected chi connectivity index (χ4v) is 4.76. The van der Waals surface area contributed by atoms with Crippen LogP contribution in [0.3, 0.4) is 0 Å². The highest BCUT2D eigenvalue weighted by molar-refractivity contribution is 5.82. The van der Waals surface area contributed by atoms with Crippen LogP contribution in [0.25, 0.3) is 24.4 Å². The van der Waals surface area contributed by atoms with Crippen molar-refractivity contribution < 1.29 is 8.78 Å². The molecule has 0 fully saturated rings. The minimum Gasteiger partial charge on any atom is -0.383 e. The molecule has 4 heteroatoms. The molecule has 0 saturated carbocycles. The molecule has 2 aromatic carbocycles. The number of hydrogen-bond donors (Lipinski definition) is 0. The number of benzene rings is 2. The molecule has 37 heavy (non-hydrogen) atoms. The molecule has 196 valence electrons. The Bertz CT molecular complexity index is 1340. The van der Waals surface area contributed by atoms with E-state index in [2.05, 4.69) is 55.5 Å². The molecule has 0 bridgehead atoms. The Labute approximate surface area is 221 Å². The second-order valence-corrected chi connectivity index (χ2v) is 9.95. The average Bonchev–Trinajstić information content (AvgIpc) is 2.88. The van der Waals surface area contributed by atoms with Gasteiger partial charge in [-0.05, 0) is 79.4 Å². The Morgan fingerprint density at radius 1 is 1.16 bits per heavy atom. The first-order valence-electron chi connectivity index (χ1n) is 13.3. The fourth-order valence-electron chi connectivity index (χ4n) is 4.76. The lowest BCUT2D eigenvalue weighted by Gasteiger charge is -2.27. The van der Waals surface area contributed by atoms with Gasteiger partial charge in [-0.2, -0.15) is 0 Å². The summed E-state index contributed by atoms with van der Waals surface area (Å²) in [4.78, 5) is 4.13. The van der Waals surface area contributed by atoms with Crippen LogP contribution in [0.4, 0.5) is 8.78 Å². The van der Waals surface area contributed by atoms with Crippen LogP contribution >= 0.6 is 0 Å². The Morgan fingerprint density at radius 3 is 2.51 bits per heavy atom. The lowest BCUT2D eigenvalue weighted by Crippen LogP contribution is -2.29. The van der Waals surface area contributed by atoms with Crippen molar-refractivity contribution in [2.45, 2.75) is 58.8 Å². The molecule has 2 unspecified atom stereocenters. The average molecular weight is 503 g/mol. The highest BCUT2D eigenvalue weighted by Crippen LogP contribution is 2.34. The smallest absolute Gasteiger partial charge is 0.131 e. The Morgan fingerprint density at radius 2 is 1.92 bits per heavy atom. The van der Waals surface area contributed by atoms with Gasteiger partial charge in [0.1, 0.15) is 11.6 Å². The van der Waals surface area contributed by atoms with E-state index in [9.17, 15) is 4.39 Å². The van der Waals surface area contributed by atoms with Gasteiger partial charge >= 0.3 is 0 Å². The molecular formula is C33H40F2N2. The van der Waals surface area contributed by atoms with Crippen molar-refractivity contribution in [1.82, 2.24) is 9.80 Å². The predicted molar refractivity (Wildman–Crippen MR) is 154 cm³/mol. The van der Waals surface area contributed by atoms with Crippen molar-refractivity contribution in [3.63, 3.8) is 0 Å². The van der Waals surface area contributed by atoms with Crippen molar-refractivity contribution in [1.29, 1.82) is 0 Å². The number of halogens is 2. The summed E-state index contributed by atoms with van der Waals surface area (Å²) in [5, 5.41) is 1.05. The summed E-state index contributed by atoms with van der Waals surface area (Å²) in [5.74, 6) is 6.02. The van der Waals surface area contributed by atoms with E-state index >= 15 is 4.39 Å². The normalized spacial score (nSPS) is 17.0. The van der Waals surface area contributed by atoms with Crippen LogP contribution < -0.4 is 10.4 Å². The molecule has 1 heterocycles. The standard InChI is InChI=1S/C33H40F2N2/c1-8-11-12-25(9-2)30-19-28(26-13-15-37(10-3)16-14-26)21-33(35)31(30)17-23(4)27-18-29(22-36(6)7)24(5)32(34)20-27/h13,15,17-22,25-26H,5,8-10,14,16H2,1-4,6-7H3/b23-17+,29-22-. The number of nitrogens with zero attached hydrogens (tertiary/aromatic N) is 2. The largest absolute Gasteiger partial charge is 0.383 e. The highest BCUT2D eigenvalue weighted by Gasteiger charge is 2.21. The van der Waals surface area contributed by atoms with E-state index in [4.69, 9.17) is 0 Å². The molecule has 0 radical (unpaired) electrons. The van der Waals surface area contributed by atoms with Gasteiger partial charge in [0.15, 0.2) is 0 Å². The van der Waals surface area contributed by atoms with Gasteiger partial charge in [0, 0.05) is 67.6 Å². The number of allylic oxidation sites excluding steroid dienone is 2. The molecule has 2 atom stereocenters. The zero-order chi connectivity index (χ0) is 27.1. The Kier molecular flexibility index (Phi) is 9.75. The van der Waals surface area contributed by atoms with Crippen molar-refractivity contribution >= 4 is 24.4 Å². The zero-order valence-corrected chi connectivity index (χ0v) is 23.2. The topological polar surface area (TPSA) is 6.48 Å². The van der Waals surface area contributed by atoms with Gasteiger partial charge in [-0.1, -0.05) is 38.5 Å². The molecule has 2 nitrogen and oxygen atoms in total. The van der Waals surface area contributed by atoms with Gasteiger partial charge in [-0.3, -0.25) is 0 Å². The maximum Gasteiger partial charge on any atom is 0.131 e. The van der Waals surface area contributed by atoms with E-state index in [1.165, 1.54) is 6.07 Å². The first-order valence-corrected chi connectivity index (χ1v) is 13.3. The minimum absolute atomic E-state index is 0.0789. The lowest BCUT2D eigenvalue weighted by atomic mass is 9.85. The Balaban J connectivity index is 2.17. The molecule has 0 N–H and O–H groups in total. The van der Waals surface area contributed by atoms with Crippen molar-refractivity contribution in [2.24, 2.45) is 0 Å². The maximum absolute atomic E-state index is 15.9. The third-order valence-corrected chi connectivity index (χ3v) is 6.95. The quantitative estimate of drug-likeness (QED) is 0.316. The summed E-state index contributed by atoms with van der Waals surface area (Å²) in [6.07, 6.45) is 10.5. The van der Waals surface area contributed by atoms with Gasteiger partial charge in [-0.15, -0.1) is 5.92 Å². The van der Waals surface area contributed by atoms with E-state index < -0.39 is 0 Å². The first kappa shape index (κ1) is 28.3. The van der Waals surface area contributed by atoms with Crippen LogP contribution in [0.1, 0.15) is 81.0 Å². The predicted octanol–water partition coefficient (Wildman–Crippen LogP) is 6.47. The SMILES string of the molecule is C=c1c(F)cc(/C(C)=C/c2c(F)cc(C3C=CN(CC)CC3)cc2C(C#CCC)CC)c/c1=C/N(C)C. The summed E-state index contributed by atoms with van der Waals surface area (Å²) < 4.78 is 30.6. The van der Waals surface area contributed by atoms with Crippen LogP contribution in [0.5, 0.6) is 0 Å². The fraction of sp³-hybridized carbons (Fsp3) is 0.394. The third-order valence-electron chi connectivity index (χ3n) is 6.95. The second-order valence-electron chi connectivity index (χ2n) is 9.95. The number of hydrogen-bond acceptors (Lipinski definition) is 2. The molecular weight excluding hydrogens is 462 g/mol. The van der Waals surface area contributed by atoms with Gasteiger partial charge in [0.2, 0.25) is 0 Å². The zero-order valence-electron chi connectivity index (χ0n) is 23.2. The van der Waals surface area contributed by atoms with Crippen LogP contribution in [-0.2, 0) is 0 Å². The van der Waals surface area contributed by atoms with Crippen LogP contribution in [0.15, 0.2) is 36.5 Å². The van der Waals surface area contributed by atoms with Crippen molar-refractivity contribution in [3.05, 3.63) is 80.9 Å². The second kappa shape index (κ2) is 12.8. The molecule has 0 spiro atoms. The third kappa shape index (κ3) is 6.92. The molecule has 0 saturated heterocycles. The molecule has 1 aliphatic rings.